The highest BCUT2D eigenvalue weighted by Crippen LogP contribution is 2.03. The number of ether oxygens (including phenoxy) is 1. The van der Waals surface area contributed by atoms with Crippen LogP contribution < -0.4 is 10.9 Å². The molecule has 5 nitrogen and oxygen atoms in total. The van der Waals surface area contributed by atoms with E-state index >= 15 is 0 Å². The molecule has 0 aromatic carbocycles. The van der Waals surface area contributed by atoms with E-state index < -0.39 is 0 Å². The second-order valence-corrected chi connectivity index (χ2v) is 3.42. The van der Waals surface area contributed by atoms with Crippen LogP contribution in [0.5, 0.6) is 0 Å². The molecule has 0 saturated heterocycles. The summed E-state index contributed by atoms with van der Waals surface area (Å²) in [5.41, 5.74) is 1.23. The van der Waals surface area contributed by atoms with Gasteiger partial charge in [0.2, 0.25) is 0 Å². The number of carbonyl (C=O) groups is 1. The number of aromatic nitrogens is 1. The number of nitrogens with one attached hydrogen (secondary N) is 1. The molecule has 0 aliphatic carbocycles. The number of hydrogen-bond donors (Lipinski definition) is 1. The quantitative estimate of drug-likeness (QED) is 0.767. The van der Waals surface area contributed by atoms with Crippen molar-refractivity contribution in [3.63, 3.8) is 0 Å². The first-order valence-corrected chi connectivity index (χ1v) is 5.05. The van der Waals surface area contributed by atoms with Crippen LogP contribution in [0.25, 0.3) is 0 Å². The fourth-order valence-electron chi connectivity index (χ4n) is 1.44. The zero-order valence-corrected chi connectivity index (χ0v) is 9.74. The van der Waals surface area contributed by atoms with E-state index in [-0.39, 0.29) is 17.9 Å². The average Bonchev–Trinajstić information content (AvgIpc) is 2.28. The van der Waals surface area contributed by atoms with Crippen LogP contribution in [0.3, 0.4) is 0 Å². The summed E-state index contributed by atoms with van der Waals surface area (Å²) in [5, 5.41) is 2.81. The fourth-order valence-corrected chi connectivity index (χ4v) is 1.44. The summed E-state index contributed by atoms with van der Waals surface area (Å²) in [7, 11) is 3.03. The number of hydrogen-bond acceptors (Lipinski definition) is 4. The Labute approximate surface area is 94.0 Å². The van der Waals surface area contributed by atoms with Crippen LogP contribution in [0, 0.1) is 6.92 Å². The number of nitrogens with zero attached hydrogens (tertiary/aromatic N) is 1. The van der Waals surface area contributed by atoms with Crippen molar-refractivity contribution in [3.05, 3.63) is 28.2 Å². The van der Waals surface area contributed by atoms with Crippen molar-refractivity contribution in [2.75, 3.05) is 19.5 Å². The number of esters is 1. The van der Waals surface area contributed by atoms with Crippen molar-refractivity contribution >= 4 is 11.7 Å². The summed E-state index contributed by atoms with van der Waals surface area (Å²) >= 11 is 0. The second-order valence-electron chi connectivity index (χ2n) is 3.42. The summed E-state index contributed by atoms with van der Waals surface area (Å²) in [6.45, 7) is 2.17. The first-order valence-electron chi connectivity index (χ1n) is 5.05. The van der Waals surface area contributed by atoms with Gasteiger partial charge in [-0.15, -0.1) is 0 Å². The lowest BCUT2D eigenvalue weighted by Crippen LogP contribution is -2.25. The summed E-state index contributed by atoms with van der Waals surface area (Å²) in [6, 6.07) is 3.57. The second kappa shape index (κ2) is 5.34. The molecule has 1 aromatic rings. The highest BCUT2D eigenvalue weighted by Gasteiger charge is 2.07. The van der Waals surface area contributed by atoms with E-state index in [2.05, 4.69) is 10.1 Å². The Kier molecular flexibility index (Phi) is 4.10. The maximum atomic E-state index is 11.9. The van der Waals surface area contributed by atoms with Crippen molar-refractivity contribution in [2.24, 2.45) is 0 Å². The fraction of sp³-hybridized carbons (Fsp3) is 0.455. The third-order valence-electron chi connectivity index (χ3n) is 2.43. The topological polar surface area (TPSA) is 60.3 Å². The minimum atomic E-state index is -0.318. The number of carbonyl (C=O) groups excluding carboxylic acids is 1. The molecule has 0 spiro atoms. The molecule has 0 unspecified atom stereocenters. The average molecular weight is 224 g/mol. The van der Waals surface area contributed by atoms with Crippen molar-refractivity contribution in [1.82, 2.24) is 4.57 Å². The van der Waals surface area contributed by atoms with Gasteiger partial charge >= 0.3 is 5.97 Å². The standard InChI is InChI=1S/C11H16N2O3/c1-8-4-5-9(12-2)11(15)13(8)7-6-10(14)16-3/h4-5,12H,6-7H2,1-3H3. The molecule has 0 fully saturated rings. The van der Waals surface area contributed by atoms with Gasteiger partial charge in [-0.3, -0.25) is 9.59 Å². The molecule has 0 aliphatic rings. The van der Waals surface area contributed by atoms with Gasteiger partial charge in [-0.25, -0.2) is 0 Å². The van der Waals surface area contributed by atoms with E-state index in [1.165, 1.54) is 7.11 Å². The maximum absolute atomic E-state index is 11.9. The molecule has 0 amide bonds. The summed E-state index contributed by atoms with van der Waals surface area (Å²) in [4.78, 5) is 22.9. The highest BCUT2D eigenvalue weighted by molar-refractivity contribution is 5.69. The molecule has 1 heterocycles. The predicted molar refractivity (Wildman–Crippen MR) is 61.6 cm³/mol. The minimum absolute atomic E-state index is 0.119. The zero-order valence-electron chi connectivity index (χ0n) is 9.74. The van der Waals surface area contributed by atoms with E-state index in [4.69, 9.17) is 0 Å². The molecule has 0 bridgehead atoms. The normalized spacial score (nSPS) is 9.94. The largest absolute Gasteiger partial charge is 0.469 e. The Balaban J connectivity index is 2.94. The van der Waals surface area contributed by atoms with Gasteiger partial charge in [0.1, 0.15) is 5.69 Å². The van der Waals surface area contributed by atoms with Gasteiger partial charge in [-0.2, -0.15) is 0 Å². The Bertz CT molecular complexity index is 437. The third-order valence-corrected chi connectivity index (χ3v) is 2.43. The van der Waals surface area contributed by atoms with Crippen molar-refractivity contribution in [1.29, 1.82) is 0 Å². The summed E-state index contributed by atoms with van der Waals surface area (Å²) in [5.74, 6) is -0.318. The number of pyridine rings is 1. The number of rotatable bonds is 4. The van der Waals surface area contributed by atoms with Crippen molar-refractivity contribution in [3.8, 4) is 0 Å². The number of anilines is 1. The molecule has 1 aromatic heterocycles. The monoisotopic (exact) mass is 224 g/mol. The molecular formula is C11H16N2O3. The Morgan fingerprint density at radius 3 is 2.75 bits per heavy atom. The van der Waals surface area contributed by atoms with Gasteiger partial charge < -0.3 is 14.6 Å². The highest BCUT2D eigenvalue weighted by atomic mass is 16.5. The van der Waals surface area contributed by atoms with Crippen LogP contribution in [-0.4, -0.2) is 24.7 Å². The number of aryl methyl sites for hydroxylation is 1. The molecule has 88 valence electrons. The van der Waals surface area contributed by atoms with Crippen LogP contribution >= 0.6 is 0 Å². The van der Waals surface area contributed by atoms with Crippen LogP contribution in [0.2, 0.25) is 0 Å². The Hall–Kier alpha value is -1.78. The lowest BCUT2D eigenvalue weighted by atomic mass is 10.3. The van der Waals surface area contributed by atoms with E-state index in [0.29, 0.717) is 12.2 Å². The predicted octanol–water partition coefficient (Wildman–Crippen LogP) is 0.762. The molecule has 0 atom stereocenters. The maximum Gasteiger partial charge on any atom is 0.307 e. The van der Waals surface area contributed by atoms with E-state index in [1.807, 2.05) is 13.0 Å². The first-order chi connectivity index (χ1) is 7.60. The number of methoxy groups -OCH3 is 1. The molecular weight excluding hydrogens is 208 g/mol. The Morgan fingerprint density at radius 2 is 2.19 bits per heavy atom. The SMILES string of the molecule is CNc1ccc(C)n(CCC(=O)OC)c1=O. The van der Waals surface area contributed by atoms with Crippen molar-refractivity contribution in [2.45, 2.75) is 19.9 Å². The van der Waals surface area contributed by atoms with Gasteiger partial charge in [0.25, 0.3) is 5.56 Å². The van der Waals surface area contributed by atoms with Crippen LogP contribution in [0.4, 0.5) is 5.69 Å². The first kappa shape index (κ1) is 12.3. The van der Waals surface area contributed by atoms with Crippen LogP contribution in [0.15, 0.2) is 16.9 Å². The van der Waals surface area contributed by atoms with Crippen LogP contribution in [-0.2, 0) is 16.1 Å². The molecule has 16 heavy (non-hydrogen) atoms. The van der Waals surface area contributed by atoms with Gasteiger partial charge in [0, 0.05) is 19.3 Å². The molecule has 5 heteroatoms. The van der Waals surface area contributed by atoms with Crippen molar-refractivity contribution < 1.29 is 9.53 Å². The molecule has 0 radical (unpaired) electrons. The van der Waals surface area contributed by atoms with Crippen LogP contribution in [0.1, 0.15) is 12.1 Å². The van der Waals surface area contributed by atoms with Gasteiger partial charge in [-0.1, -0.05) is 0 Å². The summed E-state index contributed by atoms with van der Waals surface area (Å²) in [6.07, 6.45) is 0.199. The molecule has 1 N–H and O–H groups in total. The minimum Gasteiger partial charge on any atom is -0.469 e. The van der Waals surface area contributed by atoms with E-state index in [0.717, 1.165) is 5.69 Å². The van der Waals surface area contributed by atoms with E-state index in [1.54, 1.807) is 17.7 Å². The third kappa shape index (κ3) is 2.62. The lowest BCUT2D eigenvalue weighted by Gasteiger charge is -2.10. The molecule has 0 aliphatic heterocycles. The van der Waals surface area contributed by atoms with E-state index in [9.17, 15) is 9.59 Å². The Morgan fingerprint density at radius 1 is 1.50 bits per heavy atom. The smallest absolute Gasteiger partial charge is 0.307 e. The van der Waals surface area contributed by atoms with Gasteiger partial charge in [-0.05, 0) is 19.1 Å². The van der Waals surface area contributed by atoms with Gasteiger partial charge in [0.15, 0.2) is 0 Å². The molecule has 1 rings (SSSR count). The van der Waals surface area contributed by atoms with Gasteiger partial charge in [0.05, 0.1) is 13.5 Å². The lowest BCUT2D eigenvalue weighted by molar-refractivity contribution is -0.140. The summed E-state index contributed by atoms with van der Waals surface area (Å²) < 4.78 is 6.10. The zero-order chi connectivity index (χ0) is 12.1. The molecule has 0 saturated carbocycles.